The molecule has 0 bridgehead atoms. The Labute approximate surface area is 121 Å². The predicted molar refractivity (Wildman–Crippen MR) is 81.3 cm³/mol. The summed E-state index contributed by atoms with van der Waals surface area (Å²) in [7, 11) is 3.42. The number of benzene rings is 1. The number of hydrogen-bond donors (Lipinski definition) is 1. The number of rotatable bonds is 2. The van der Waals surface area contributed by atoms with Gasteiger partial charge < -0.3 is 10.6 Å². The molecule has 3 aromatic rings. The number of anilines is 1. The summed E-state index contributed by atoms with van der Waals surface area (Å²) in [5.41, 5.74) is 7.91. The van der Waals surface area contributed by atoms with E-state index in [2.05, 4.69) is 10.1 Å². The molecule has 0 spiro atoms. The topological polar surface area (TPSA) is 77.0 Å². The molecule has 0 aliphatic rings. The van der Waals surface area contributed by atoms with Gasteiger partial charge in [-0.05, 0) is 30.3 Å². The summed E-state index contributed by atoms with van der Waals surface area (Å²) in [5.74, 6) is 0.564. The average molecular weight is 281 g/mol. The molecule has 0 fully saturated rings. The van der Waals surface area contributed by atoms with Gasteiger partial charge in [0.1, 0.15) is 0 Å². The molecule has 6 nitrogen and oxygen atoms in total. The highest BCUT2D eigenvalue weighted by atomic mass is 16.2. The Morgan fingerprint density at radius 2 is 2.00 bits per heavy atom. The van der Waals surface area contributed by atoms with Gasteiger partial charge >= 0.3 is 0 Å². The lowest BCUT2D eigenvalue weighted by Crippen LogP contribution is -2.21. The SMILES string of the molecule is CN(C)C(=O)c1ccc(-n2ncc3ccc(N)cc32)nc1. The quantitative estimate of drug-likeness (QED) is 0.725. The smallest absolute Gasteiger partial charge is 0.254 e. The molecule has 0 saturated heterocycles. The fraction of sp³-hybridized carbons (Fsp3) is 0.133. The van der Waals surface area contributed by atoms with Crippen molar-refractivity contribution in [1.82, 2.24) is 19.7 Å². The molecule has 1 aromatic carbocycles. The van der Waals surface area contributed by atoms with E-state index < -0.39 is 0 Å². The highest BCUT2D eigenvalue weighted by Gasteiger charge is 2.10. The van der Waals surface area contributed by atoms with Crippen molar-refractivity contribution in [2.75, 3.05) is 19.8 Å². The number of nitrogens with two attached hydrogens (primary N) is 1. The Bertz CT molecular complexity index is 805. The summed E-state index contributed by atoms with van der Waals surface area (Å²) in [4.78, 5) is 17.7. The Kier molecular flexibility index (Phi) is 3.06. The monoisotopic (exact) mass is 281 g/mol. The van der Waals surface area contributed by atoms with Crippen molar-refractivity contribution in [2.24, 2.45) is 0 Å². The van der Waals surface area contributed by atoms with Crippen molar-refractivity contribution in [3.8, 4) is 5.82 Å². The number of fused-ring (bicyclic) bond motifs is 1. The van der Waals surface area contributed by atoms with Gasteiger partial charge in [-0.3, -0.25) is 4.79 Å². The molecule has 1 amide bonds. The first-order valence-corrected chi connectivity index (χ1v) is 6.47. The summed E-state index contributed by atoms with van der Waals surface area (Å²) in [6.45, 7) is 0. The van der Waals surface area contributed by atoms with Gasteiger partial charge in [-0.1, -0.05) is 0 Å². The lowest BCUT2D eigenvalue weighted by Gasteiger charge is -2.10. The van der Waals surface area contributed by atoms with Gasteiger partial charge in [0.05, 0.1) is 17.3 Å². The number of pyridine rings is 1. The van der Waals surface area contributed by atoms with E-state index in [0.29, 0.717) is 17.1 Å². The summed E-state index contributed by atoms with van der Waals surface area (Å²) in [6, 6.07) is 9.11. The van der Waals surface area contributed by atoms with E-state index in [1.54, 1.807) is 43.3 Å². The second kappa shape index (κ2) is 4.90. The minimum absolute atomic E-state index is 0.0800. The minimum atomic E-state index is -0.0800. The normalized spacial score (nSPS) is 10.8. The second-order valence-electron chi connectivity index (χ2n) is 4.98. The highest BCUT2D eigenvalue weighted by Crippen LogP contribution is 2.19. The number of amides is 1. The van der Waals surface area contributed by atoms with Gasteiger partial charge in [0.15, 0.2) is 5.82 Å². The van der Waals surface area contributed by atoms with Crippen LogP contribution in [0.2, 0.25) is 0 Å². The maximum atomic E-state index is 11.8. The minimum Gasteiger partial charge on any atom is -0.399 e. The third kappa shape index (κ3) is 2.31. The van der Waals surface area contributed by atoms with Crippen molar-refractivity contribution in [1.29, 1.82) is 0 Å². The maximum Gasteiger partial charge on any atom is 0.254 e. The molecule has 2 aromatic heterocycles. The second-order valence-corrected chi connectivity index (χ2v) is 4.98. The molecule has 2 N–H and O–H groups in total. The summed E-state index contributed by atoms with van der Waals surface area (Å²) in [5, 5.41) is 5.31. The molecular formula is C15H15N5O. The van der Waals surface area contributed by atoms with Crippen molar-refractivity contribution >= 4 is 22.5 Å². The van der Waals surface area contributed by atoms with Gasteiger partial charge in [-0.25, -0.2) is 9.67 Å². The summed E-state index contributed by atoms with van der Waals surface area (Å²) >= 11 is 0. The number of nitrogens with zero attached hydrogens (tertiary/aromatic N) is 4. The molecule has 21 heavy (non-hydrogen) atoms. The lowest BCUT2D eigenvalue weighted by molar-refractivity contribution is 0.0827. The van der Waals surface area contributed by atoms with Crippen LogP contribution in [0.3, 0.4) is 0 Å². The van der Waals surface area contributed by atoms with Gasteiger partial charge in [-0.2, -0.15) is 5.10 Å². The zero-order chi connectivity index (χ0) is 15.0. The summed E-state index contributed by atoms with van der Waals surface area (Å²) < 4.78 is 1.70. The fourth-order valence-corrected chi connectivity index (χ4v) is 2.11. The Balaban J connectivity index is 2.03. The van der Waals surface area contributed by atoms with Crippen LogP contribution in [0.4, 0.5) is 5.69 Å². The van der Waals surface area contributed by atoms with E-state index in [-0.39, 0.29) is 5.91 Å². The third-order valence-electron chi connectivity index (χ3n) is 3.21. The third-order valence-corrected chi connectivity index (χ3v) is 3.21. The summed E-state index contributed by atoms with van der Waals surface area (Å²) in [6.07, 6.45) is 3.31. The zero-order valence-corrected chi connectivity index (χ0v) is 11.8. The highest BCUT2D eigenvalue weighted by molar-refractivity contribution is 5.93. The first-order chi connectivity index (χ1) is 10.1. The van der Waals surface area contributed by atoms with Crippen LogP contribution >= 0.6 is 0 Å². The van der Waals surface area contributed by atoms with Gasteiger partial charge in [0.2, 0.25) is 0 Å². The van der Waals surface area contributed by atoms with Gasteiger partial charge in [0, 0.05) is 31.4 Å². The maximum absolute atomic E-state index is 11.8. The fourth-order valence-electron chi connectivity index (χ4n) is 2.11. The van der Waals surface area contributed by atoms with Crippen molar-refractivity contribution < 1.29 is 4.79 Å². The van der Waals surface area contributed by atoms with E-state index >= 15 is 0 Å². The van der Waals surface area contributed by atoms with Gasteiger partial charge in [0.25, 0.3) is 5.91 Å². The Hall–Kier alpha value is -2.89. The van der Waals surface area contributed by atoms with Gasteiger partial charge in [-0.15, -0.1) is 0 Å². The standard InChI is InChI=1S/C15H15N5O/c1-19(2)15(21)11-4-6-14(17-8-11)20-13-7-12(16)5-3-10(13)9-18-20/h3-9H,16H2,1-2H3. The van der Waals surface area contributed by atoms with Crippen molar-refractivity contribution in [2.45, 2.75) is 0 Å². The van der Waals surface area contributed by atoms with E-state index in [4.69, 9.17) is 5.73 Å². The van der Waals surface area contributed by atoms with Crippen molar-refractivity contribution in [3.05, 3.63) is 48.3 Å². The van der Waals surface area contributed by atoms with E-state index in [1.165, 1.54) is 4.90 Å². The molecule has 0 aliphatic carbocycles. The average Bonchev–Trinajstić information content (AvgIpc) is 2.89. The lowest BCUT2D eigenvalue weighted by atomic mass is 10.2. The molecule has 0 atom stereocenters. The molecule has 0 radical (unpaired) electrons. The molecule has 0 unspecified atom stereocenters. The predicted octanol–water partition coefficient (Wildman–Crippen LogP) is 1.70. The number of hydrogen-bond acceptors (Lipinski definition) is 4. The van der Waals surface area contributed by atoms with Crippen LogP contribution in [0, 0.1) is 0 Å². The molecule has 6 heteroatoms. The molecule has 2 heterocycles. The first kappa shape index (κ1) is 13.1. The molecule has 0 saturated carbocycles. The largest absolute Gasteiger partial charge is 0.399 e. The van der Waals surface area contributed by atoms with Crippen molar-refractivity contribution in [3.63, 3.8) is 0 Å². The Morgan fingerprint density at radius 1 is 1.19 bits per heavy atom. The van der Waals surface area contributed by atoms with E-state index in [1.807, 2.05) is 18.2 Å². The number of carbonyl (C=O) groups is 1. The van der Waals surface area contributed by atoms with Crippen LogP contribution in [0.1, 0.15) is 10.4 Å². The zero-order valence-electron chi connectivity index (χ0n) is 11.8. The molecule has 106 valence electrons. The Morgan fingerprint density at radius 3 is 2.67 bits per heavy atom. The van der Waals surface area contributed by atoms with E-state index in [9.17, 15) is 4.79 Å². The van der Waals surface area contributed by atoms with Crippen LogP contribution < -0.4 is 5.73 Å². The van der Waals surface area contributed by atoms with Crippen LogP contribution in [-0.4, -0.2) is 39.7 Å². The molecule has 0 aliphatic heterocycles. The van der Waals surface area contributed by atoms with E-state index in [0.717, 1.165) is 10.9 Å². The number of aromatic nitrogens is 3. The van der Waals surface area contributed by atoms with Crippen LogP contribution in [0.5, 0.6) is 0 Å². The van der Waals surface area contributed by atoms with Crippen LogP contribution in [0.15, 0.2) is 42.7 Å². The first-order valence-electron chi connectivity index (χ1n) is 6.47. The number of carbonyl (C=O) groups excluding carboxylic acids is 1. The molecular weight excluding hydrogens is 266 g/mol. The van der Waals surface area contributed by atoms with Crippen LogP contribution in [0.25, 0.3) is 16.7 Å². The number of nitrogen functional groups attached to an aromatic ring is 1. The molecule has 3 rings (SSSR count). The van der Waals surface area contributed by atoms with Crippen LogP contribution in [-0.2, 0) is 0 Å².